The molecule has 11 heavy (non-hydrogen) atoms. The molecule has 1 aliphatic rings. The maximum Gasteiger partial charge on any atom is 0.150 e. The Morgan fingerprint density at radius 1 is 1.36 bits per heavy atom. The molecule has 1 heterocycles. The first-order valence-corrected chi connectivity index (χ1v) is 5.79. The third-order valence-electron chi connectivity index (χ3n) is 2.53. The molecule has 0 aliphatic carbocycles. The lowest BCUT2D eigenvalue weighted by molar-refractivity contribution is 0.370. The van der Waals surface area contributed by atoms with Gasteiger partial charge in [0.25, 0.3) is 0 Å². The van der Waals surface area contributed by atoms with Gasteiger partial charge in [0.2, 0.25) is 0 Å². The minimum absolute atomic E-state index is 0.203. The van der Waals surface area contributed by atoms with Gasteiger partial charge in [0, 0.05) is 5.54 Å². The number of hydrogen-bond donors (Lipinski definition) is 1. The van der Waals surface area contributed by atoms with Gasteiger partial charge in [-0.3, -0.25) is 0 Å². The Labute approximate surface area is 67.9 Å². The summed E-state index contributed by atoms with van der Waals surface area (Å²) in [4.78, 5) is 0. The van der Waals surface area contributed by atoms with Crippen LogP contribution in [0.5, 0.6) is 0 Å². The molecule has 0 aromatic rings. The molecule has 1 rings (SSSR count). The van der Waals surface area contributed by atoms with Gasteiger partial charge < -0.3 is 5.73 Å². The standard InChI is InChI=1S/C7H15NO2S/c1-2-7(8)3-5-11(9,10)6-4-7/h2-6,8H2,1H3. The lowest BCUT2D eigenvalue weighted by atomic mass is 9.91. The smallest absolute Gasteiger partial charge is 0.150 e. The highest BCUT2D eigenvalue weighted by atomic mass is 32.2. The number of rotatable bonds is 1. The van der Waals surface area contributed by atoms with Gasteiger partial charge in [0.15, 0.2) is 0 Å². The van der Waals surface area contributed by atoms with Crippen LogP contribution in [0.15, 0.2) is 0 Å². The molecule has 0 unspecified atom stereocenters. The van der Waals surface area contributed by atoms with Gasteiger partial charge in [-0.1, -0.05) is 6.92 Å². The molecule has 0 aromatic carbocycles. The monoisotopic (exact) mass is 177 g/mol. The summed E-state index contributed by atoms with van der Waals surface area (Å²) in [5.74, 6) is 0.550. The molecule has 2 N–H and O–H groups in total. The van der Waals surface area contributed by atoms with Gasteiger partial charge in [-0.15, -0.1) is 0 Å². The molecular formula is C7H15NO2S. The molecule has 0 atom stereocenters. The molecule has 0 amide bonds. The molecule has 0 bridgehead atoms. The summed E-state index contributed by atoms with van der Waals surface area (Å²) >= 11 is 0. The van der Waals surface area contributed by atoms with Crippen LogP contribution in [-0.2, 0) is 9.84 Å². The van der Waals surface area contributed by atoms with E-state index in [0.29, 0.717) is 12.8 Å². The number of nitrogens with two attached hydrogens (primary N) is 1. The van der Waals surface area contributed by atoms with E-state index in [4.69, 9.17) is 5.73 Å². The molecule has 4 heteroatoms. The Kier molecular flexibility index (Phi) is 2.25. The first-order chi connectivity index (χ1) is 4.97. The van der Waals surface area contributed by atoms with Crippen molar-refractivity contribution in [2.24, 2.45) is 5.73 Å². The van der Waals surface area contributed by atoms with Crippen molar-refractivity contribution in [1.29, 1.82) is 0 Å². The second-order valence-electron chi connectivity index (χ2n) is 3.37. The molecular weight excluding hydrogens is 162 g/mol. The quantitative estimate of drug-likeness (QED) is 0.626. The Balaban J connectivity index is 2.62. The second kappa shape index (κ2) is 2.75. The van der Waals surface area contributed by atoms with E-state index in [-0.39, 0.29) is 17.0 Å². The van der Waals surface area contributed by atoms with Crippen LogP contribution in [0.4, 0.5) is 0 Å². The average Bonchev–Trinajstić information content (AvgIpc) is 1.97. The maximum atomic E-state index is 11.0. The number of sulfone groups is 1. The molecule has 0 saturated carbocycles. The van der Waals surface area contributed by atoms with E-state index in [0.717, 1.165) is 6.42 Å². The molecule has 66 valence electrons. The van der Waals surface area contributed by atoms with Crippen molar-refractivity contribution >= 4 is 9.84 Å². The first-order valence-electron chi connectivity index (χ1n) is 3.97. The van der Waals surface area contributed by atoms with Crippen LogP contribution >= 0.6 is 0 Å². The molecule has 1 aliphatic heterocycles. The van der Waals surface area contributed by atoms with Crippen molar-refractivity contribution in [2.45, 2.75) is 31.7 Å². The average molecular weight is 177 g/mol. The largest absolute Gasteiger partial charge is 0.325 e. The van der Waals surface area contributed by atoms with Crippen molar-refractivity contribution in [3.8, 4) is 0 Å². The van der Waals surface area contributed by atoms with E-state index in [9.17, 15) is 8.42 Å². The summed E-state index contributed by atoms with van der Waals surface area (Å²) < 4.78 is 22.0. The fraction of sp³-hybridized carbons (Fsp3) is 1.00. The summed E-state index contributed by atoms with van der Waals surface area (Å²) in [6.45, 7) is 2.01. The molecule has 0 radical (unpaired) electrons. The van der Waals surface area contributed by atoms with Crippen LogP contribution in [-0.4, -0.2) is 25.5 Å². The maximum absolute atomic E-state index is 11.0. The van der Waals surface area contributed by atoms with Gasteiger partial charge in [-0.25, -0.2) is 8.42 Å². The van der Waals surface area contributed by atoms with Crippen LogP contribution in [0.2, 0.25) is 0 Å². The van der Waals surface area contributed by atoms with E-state index >= 15 is 0 Å². The molecule has 1 saturated heterocycles. The predicted molar refractivity (Wildman–Crippen MR) is 45.1 cm³/mol. The summed E-state index contributed by atoms with van der Waals surface area (Å²) in [5, 5.41) is 0. The van der Waals surface area contributed by atoms with Crippen LogP contribution in [0.3, 0.4) is 0 Å². The van der Waals surface area contributed by atoms with Crippen LogP contribution < -0.4 is 5.73 Å². The topological polar surface area (TPSA) is 60.2 Å². The van der Waals surface area contributed by atoms with Crippen molar-refractivity contribution in [3.63, 3.8) is 0 Å². The van der Waals surface area contributed by atoms with E-state index < -0.39 is 9.84 Å². The zero-order valence-corrected chi connectivity index (χ0v) is 7.65. The second-order valence-corrected chi connectivity index (χ2v) is 5.67. The Hall–Kier alpha value is -0.0900. The van der Waals surface area contributed by atoms with Crippen LogP contribution in [0.25, 0.3) is 0 Å². The Morgan fingerprint density at radius 3 is 2.18 bits per heavy atom. The summed E-state index contributed by atoms with van der Waals surface area (Å²) in [7, 11) is -2.74. The highest BCUT2D eigenvalue weighted by molar-refractivity contribution is 7.91. The molecule has 1 fully saturated rings. The zero-order valence-electron chi connectivity index (χ0n) is 6.84. The van der Waals surface area contributed by atoms with Crippen LogP contribution in [0, 0.1) is 0 Å². The van der Waals surface area contributed by atoms with Crippen LogP contribution in [0.1, 0.15) is 26.2 Å². The van der Waals surface area contributed by atoms with Gasteiger partial charge >= 0.3 is 0 Å². The van der Waals surface area contributed by atoms with Gasteiger partial charge in [0.1, 0.15) is 9.84 Å². The summed E-state index contributed by atoms with van der Waals surface area (Å²) in [6, 6.07) is 0. The van der Waals surface area contributed by atoms with Crippen molar-refractivity contribution in [3.05, 3.63) is 0 Å². The highest BCUT2D eigenvalue weighted by Crippen LogP contribution is 2.23. The summed E-state index contributed by atoms with van der Waals surface area (Å²) in [6.07, 6.45) is 2.14. The lowest BCUT2D eigenvalue weighted by Gasteiger charge is -2.31. The first kappa shape index (κ1) is 9.00. The van der Waals surface area contributed by atoms with E-state index in [2.05, 4.69) is 0 Å². The van der Waals surface area contributed by atoms with E-state index in [1.807, 2.05) is 6.92 Å². The SMILES string of the molecule is CCC1(N)CCS(=O)(=O)CC1. The molecule has 0 spiro atoms. The van der Waals surface area contributed by atoms with Gasteiger partial charge in [-0.05, 0) is 19.3 Å². The minimum atomic E-state index is -2.74. The third kappa shape index (κ3) is 2.17. The normalized spacial score (nSPS) is 28.2. The minimum Gasteiger partial charge on any atom is -0.325 e. The van der Waals surface area contributed by atoms with E-state index in [1.54, 1.807) is 0 Å². The Morgan fingerprint density at radius 2 is 1.82 bits per heavy atom. The Bertz CT molecular complexity index is 219. The van der Waals surface area contributed by atoms with Crippen molar-refractivity contribution in [1.82, 2.24) is 0 Å². The highest BCUT2D eigenvalue weighted by Gasteiger charge is 2.31. The third-order valence-corrected chi connectivity index (χ3v) is 4.18. The number of hydrogen-bond acceptors (Lipinski definition) is 3. The van der Waals surface area contributed by atoms with Crippen molar-refractivity contribution in [2.75, 3.05) is 11.5 Å². The van der Waals surface area contributed by atoms with Gasteiger partial charge in [-0.2, -0.15) is 0 Å². The van der Waals surface area contributed by atoms with Crippen molar-refractivity contribution < 1.29 is 8.42 Å². The van der Waals surface area contributed by atoms with Gasteiger partial charge in [0.05, 0.1) is 11.5 Å². The fourth-order valence-corrected chi connectivity index (χ4v) is 2.94. The zero-order chi connectivity index (χ0) is 8.54. The van der Waals surface area contributed by atoms with E-state index in [1.165, 1.54) is 0 Å². The molecule has 0 aromatic heterocycles. The molecule has 3 nitrogen and oxygen atoms in total. The summed E-state index contributed by atoms with van der Waals surface area (Å²) in [5.41, 5.74) is 5.71. The predicted octanol–water partition coefficient (Wildman–Crippen LogP) is 0.302. The lowest BCUT2D eigenvalue weighted by Crippen LogP contribution is -2.46. The fourth-order valence-electron chi connectivity index (χ4n) is 1.30.